The van der Waals surface area contributed by atoms with Gasteiger partial charge in [0, 0.05) is 4.90 Å². The lowest BCUT2D eigenvalue weighted by Crippen LogP contribution is -2.13. The number of hydrogen-bond acceptors (Lipinski definition) is 3. The lowest BCUT2D eigenvalue weighted by Gasteiger charge is -2.08. The summed E-state index contributed by atoms with van der Waals surface area (Å²) < 4.78 is 5.11. The second-order valence-corrected chi connectivity index (χ2v) is 6.43. The average Bonchev–Trinajstić information content (AvgIpc) is 2.48. The van der Waals surface area contributed by atoms with Crippen LogP contribution in [-0.4, -0.2) is 38.4 Å². The van der Waals surface area contributed by atoms with Crippen molar-refractivity contribution in [3.63, 3.8) is 0 Å². The number of hydrogen-bond donors (Lipinski definition) is 0. The standard InChI is InChI=1S/C12H19NOS.C6H4/c1-13(2)9-4-10-15-12-7-5-11(14-3)6-8-12;1-2-6-4-3-5(1)6/h5-8H,4,9-10H2,1-3H3;1-4H. The summed E-state index contributed by atoms with van der Waals surface area (Å²) in [5, 5.41) is 2.85. The van der Waals surface area contributed by atoms with Gasteiger partial charge in [-0.25, -0.2) is 0 Å². The molecule has 21 heavy (non-hydrogen) atoms. The molecular weight excluding hydrogens is 278 g/mol. The van der Waals surface area contributed by atoms with E-state index < -0.39 is 0 Å². The van der Waals surface area contributed by atoms with Crippen molar-refractivity contribution in [1.29, 1.82) is 0 Å². The van der Waals surface area contributed by atoms with Crippen LogP contribution in [0, 0.1) is 10.4 Å². The average molecular weight is 301 g/mol. The Hall–Kier alpha value is -1.45. The van der Waals surface area contributed by atoms with Crippen molar-refractivity contribution in [2.45, 2.75) is 11.3 Å². The molecule has 0 atom stereocenters. The molecule has 112 valence electrons. The van der Waals surface area contributed by atoms with E-state index in [9.17, 15) is 0 Å². The normalized spacial score (nSPS) is 10.9. The van der Waals surface area contributed by atoms with Crippen LogP contribution < -0.4 is 4.74 Å². The molecule has 2 nitrogen and oxygen atoms in total. The fourth-order valence-electron chi connectivity index (χ4n) is 1.91. The molecule has 3 rings (SSSR count). The van der Waals surface area contributed by atoms with Crippen molar-refractivity contribution >= 4 is 11.8 Å². The van der Waals surface area contributed by atoms with E-state index in [0.717, 1.165) is 12.3 Å². The van der Waals surface area contributed by atoms with Crippen LogP contribution >= 0.6 is 11.8 Å². The van der Waals surface area contributed by atoms with Gasteiger partial charge in [-0.15, -0.1) is 11.8 Å². The lowest BCUT2D eigenvalue weighted by molar-refractivity contribution is 0.410. The first-order valence-electron chi connectivity index (χ1n) is 7.21. The van der Waals surface area contributed by atoms with Gasteiger partial charge in [0.05, 0.1) is 7.11 Å². The Balaban J connectivity index is 0.000000218. The van der Waals surface area contributed by atoms with Crippen LogP contribution in [0.2, 0.25) is 0 Å². The molecule has 0 saturated carbocycles. The lowest BCUT2D eigenvalue weighted by atomic mass is 10.1. The quantitative estimate of drug-likeness (QED) is 0.504. The molecular formula is C18H23NOS. The summed E-state index contributed by atoms with van der Waals surface area (Å²) in [6, 6.07) is 16.7. The summed E-state index contributed by atoms with van der Waals surface area (Å²) in [7, 11) is 5.91. The molecule has 0 aromatic heterocycles. The van der Waals surface area contributed by atoms with Crippen LogP contribution in [0.15, 0.2) is 53.4 Å². The SMILES string of the molecule is COc1ccc(SCCCN(C)C)cc1.c1cc2ccc1=2. The summed E-state index contributed by atoms with van der Waals surface area (Å²) in [4.78, 5) is 3.53. The minimum absolute atomic E-state index is 0.924. The van der Waals surface area contributed by atoms with Crippen molar-refractivity contribution in [1.82, 2.24) is 4.90 Å². The van der Waals surface area contributed by atoms with Gasteiger partial charge in [0.25, 0.3) is 0 Å². The molecule has 0 saturated heterocycles. The van der Waals surface area contributed by atoms with Crippen LogP contribution in [0.25, 0.3) is 0 Å². The molecule has 0 unspecified atom stereocenters. The predicted molar refractivity (Wildman–Crippen MR) is 91.0 cm³/mol. The van der Waals surface area contributed by atoms with Gasteiger partial charge in [-0.2, -0.15) is 0 Å². The molecule has 0 bridgehead atoms. The molecule has 3 heteroatoms. The van der Waals surface area contributed by atoms with Crippen LogP contribution in [0.3, 0.4) is 0 Å². The molecule has 0 N–H and O–H groups in total. The second-order valence-electron chi connectivity index (χ2n) is 5.26. The number of thioether (sulfide) groups is 1. The van der Waals surface area contributed by atoms with Crippen LogP contribution in [0.5, 0.6) is 5.75 Å². The molecule has 0 fully saturated rings. The van der Waals surface area contributed by atoms with E-state index in [-0.39, 0.29) is 0 Å². The zero-order valence-electron chi connectivity index (χ0n) is 13.0. The highest BCUT2D eigenvalue weighted by Crippen LogP contribution is 2.21. The first kappa shape index (κ1) is 15.9. The van der Waals surface area contributed by atoms with Gasteiger partial charge >= 0.3 is 0 Å². The second kappa shape index (κ2) is 8.11. The fourth-order valence-corrected chi connectivity index (χ4v) is 2.74. The molecule has 2 aliphatic rings. The predicted octanol–water partition coefficient (Wildman–Crippen LogP) is 4.03. The molecule has 0 spiro atoms. The Morgan fingerprint density at radius 2 is 1.48 bits per heavy atom. The number of methoxy groups -OCH3 is 1. The van der Waals surface area contributed by atoms with Gasteiger partial charge in [0.15, 0.2) is 0 Å². The van der Waals surface area contributed by atoms with Crippen LogP contribution in [-0.2, 0) is 0 Å². The van der Waals surface area contributed by atoms with E-state index in [1.165, 1.54) is 27.5 Å². The molecule has 0 radical (unpaired) electrons. The van der Waals surface area contributed by atoms with E-state index in [2.05, 4.69) is 55.4 Å². The summed E-state index contributed by atoms with van der Waals surface area (Å²) in [5.41, 5.74) is 0. The maximum absolute atomic E-state index is 5.11. The molecule has 1 aromatic rings. The maximum Gasteiger partial charge on any atom is 0.118 e. The highest BCUT2D eigenvalue weighted by atomic mass is 32.2. The zero-order valence-corrected chi connectivity index (χ0v) is 13.8. The topological polar surface area (TPSA) is 12.5 Å². The minimum Gasteiger partial charge on any atom is -0.497 e. The molecule has 0 amide bonds. The number of rotatable bonds is 6. The third-order valence-corrected chi connectivity index (χ3v) is 4.39. The molecule has 1 aromatic carbocycles. The minimum atomic E-state index is 0.924. The highest BCUT2D eigenvalue weighted by molar-refractivity contribution is 7.99. The third-order valence-electron chi connectivity index (χ3n) is 3.30. The van der Waals surface area contributed by atoms with E-state index in [1.54, 1.807) is 7.11 Å². The monoisotopic (exact) mass is 301 g/mol. The largest absolute Gasteiger partial charge is 0.497 e. The van der Waals surface area contributed by atoms with Crippen molar-refractivity contribution in [3.05, 3.63) is 59.0 Å². The number of ether oxygens (including phenoxy) is 1. The van der Waals surface area contributed by atoms with Gasteiger partial charge in [-0.3, -0.25) is 0 Å². The van der Waals surface area contributed by atoms with E-state index >= 15 is 0 Å². The summed E-state index contributed by atoms with van der Waals surface area (Å²) in [6.07, 6.45) is 1.23. The van der Waals surface area contributed by atoms with E-state index in [1.807, 2.05) is 23.9 Å². The molecule has 2 aliphatic carbocycles. The smallest absolute Gasteiger partial charge is 0.118 e. The van der Waals surface area contributed by atoms with Gasteiger partial charge in [-0.1, -0.05) is 24.3 Å². The zero-order chi connectivity index (χ0) is 15.1. The summed E-state index contributed by atoms with van der Waals surface area (Å²) in [6.45, 7) is 1.16. The van der Waals surface area contributed by atoms with E-state index in [0.29, 0.717) is 0 Å². The summed E-state index contributed by atoms with van der Waals surface area (Å²) in [5.74, 6) is 2.09. The first-order valence-corrected chi connectivity index (χ1v) is 8.19. The maximum atomic E-state index is 5.11. The highest BCUT2D eigenvalue weighted by Gasteiger charge is 1.96. The van der Waals surface area contributed by atoms with Gasteiger partial charge in [-0.05, 0) is 67.5 Å². The molecule has 0 aliphatic heterocycles. The van der Waals surface area contributed by atoms with Crippen LogP contribution in [0.4, 0.5) is 0 Å². The number of benzene rings is 2. The van der Waals surface area contributed by atoms with Crippen molar-refractivity contribution in [2.24, 2.45) is 0 Å². The van der Waals surface area contributed by atoms with Crippen LogP contribution in [0.1, 0.15) is 6.42 Å². The van der Waals surface area contributed by atoms with Gasteiger partial charge in [0.1, 0.15) is 5.75 Å². The number of nitrogens with zero attached hydrogens (tertiary/aromatic N) is 1. The molecule has 0 heterocycles. The van der Waals surface area contributed by atoms with Gasteiger partial charge < -0.3 is 9.64 Å². The third kappa shape index (κ3) is 5.10. The van der Waals surface area contributed by atoms with E-state index in [4.69, 9.17) is 4.74 Å². The van der Waals surface area contributed by atoms with Crippen molar-refractivity contribution in [3.8, 4) is 5.75 Å². The Morgan fingerprint density at radius 1 is 0.905 bits per heavy atom. The Bertz CT molecular complexity index is 587. The Morgan fingerprint density at radius 3 is 1.86 bits per heavy atom. The fraction of sp³-hybridized carbons (Fsp3) is 0.333. The van der Waals surface area contributed by atoms with Gasteiger partial charge in [0.2, 0.25) is 0 Å². The van der Waals surface area contributed by atoms with Crippen molar-refractivity contribution < 1.29 is 4.74 Å². The Kier molecular flexibility index (Phi) is 6.15. The van der Waals surface area contributed by atoms with Crippen molar-refractivity contribution in [2.75, 3.05) is 33.5 Å². The first-order chi connectivity index (χ1) is 10.2. The summed E-state index contributed by atoms with van der Waals surface area (Å²) >= 11 is 1.90. The Labute approximate surface area is 131 Å².